The first kappa shape index (κ1) is 11.3. The first-order valence-electron chi connectivity index (χ1n) is 6.13. The number of benzene rings is 1. The second-order valence-corrected chi connectivity index (χ2v) is 5.27. The Bertz CT molecular complexity index is 853. The third-order valence-corrected chi connectivity index (χ3v) is 3.98. The van der Waals surface area contributed by atoms with Gasteiger partial charge >= 0.3 is 0 Å². The highest BCUT2D eigenvalue weighted by atomic mass is 32.1. The molecule has 0 saturated heterocycles. The topological polar surface area (TPSA) is 51.8 Å². The van der Waals surface area contributed by atoms with E-state index in [0.717, 1.165) is 32.7 Å². The maximum Gasteiger partial charge on any atom is 0.144 e. The molecule has 0 bridgehead atoms. The van der Waals surface area contributed by atoms with Gasteiger partial charge in [0.25, 0.3) is 0 Å². The van der Waals surface area contributed by atoms with Gasteiger partial charge in [0.2, 0.25) is 0 Å². The largest absolute Gasteiger partial charge is 0.363 e. The molecular weight excluding hydrogens is 270 g/mol. The smallest absolute Gasteiger partial charge is 0.144 e. The first-order valence-corrected chi connectivity index (χ1v) is 7.01. The molecule has 0 fully saturated rings. The number of hydrogen-bond donors (Lipinski definition) is 0. The van der Waals surface area contributed by atoms with Crippen molar-refractivity contribution in [2.75, 3.05) is 0 Å². The van der Waals surface area contributed by atoms with E-state index in [0.29, 0.717) is 0 Å². The average molecular weight is 279 g/mol. The molecule has 0 aliphatic rings. The number of nitrogens with zero attached hydrogens (tertiary/aromatic N) is 3. The zero-order valence-corrected chi connectivity index (χ0v) is 11.2. The Morgan fingerprint density at radius 2 is 1.75 bits per heavy atom. The van der Waals surface area contributed by atoms with Crippen molar-refractivity contribution >= 4 is 22.2 Å². The molecule has 20 heavy (non-hydrogen) atoms. The summed E-state index contributed by atoms with van der Waals surface area (Å²) in [5.74, 6) is 0. The van der Waals surface area contributed by atoms with E-state index in [1.165, 1.54) is 0 Å². The number of hydrogen-bond acceptors (Lipinski definition) is 5. The summed E-state index contributed by atoms with van der Waals surface area (Å²) in [5, 5.41) is 15.7. The van der Waals surface area contributed by atoms with Crippen molar-refractivity contribution in [1.82, 2.24) is 15.4 Å². The highest BCUT2D eigenvalue weighted by molar-refractivity contribution is 7.13. The summed E-state index contributed by atoms with van der Waals surface area (Å²) >= 11 is 1.62. The van der Waals surface area contributed by atoms with Crippen molar-refractivity contribution in [3.8, 4) is 21.8 Å². The first-order chi connectivity index (χ1) is 9.93. The quantitative estimate of drug-likeness (QED) is 0.556. The van der Waals surface area contributed by atoms with Crippen LogP contribution in [0.4, 0.5) is 0 Å². The lowest BCUT2D eigenvalue weighted by Crippen LogP contribution is -1.92. The van der Waals surface area contributed by atoms with Gasteiger partial charge in [-0.05, 0) is 11.4 Å². The average Bonchev–Trinajstić information content (AvgIpc) is 3.18. The summed E-state index contributed by atoms with van der Waals surface area (Å²) in [6.07, 6.45) is 1.63. The molecule has 96 valence electrons. The summed E-state index contributed by atoms with van der Waals surface area (Å²) in [5.41, 5.74) is 3.29. The third-order valence-electron chi connectivity index (χ3n) is 3.10. The zero-order chi connectivity index (χ0) is 13.4. The maximum atomic E-state index is 5.14. The molecule has 3 aromatic heterocycles. The molecule has 0 spiro atoms. The van der Waals surface area contributed by atoms with Gasteiger partial charge in [0.1, 0.15) is 23.2 Å². The van der Waals surface area contributed by atoms with Crippen LogP contribution in [-0.2, 0) is 0 Å². The molecule has 0 amide bonds. The van der Waals surface area contributed by atoms with Gasteiger partial charge in [-0.1, -0.05) is 41.6 Å². The maximum absolute atomic E-state index is 5.14. The SMILES string of the molecule is c1ccc(-c2nnc(-c3cccs3)c3conc23)cc1. The van der Waals surface area contributed by atoms with Gasteiger partial charge in [-0.2, -0.15) is 0 Å². The van der Waals surface area contributed by atoms with Gasteiger partial charge in [-0.25, -0.2) is 0 Å². The fraction of sp³-hybridized carbons (Fsp3) is 0. The van der Waals surface area contributed by atoms with Crippen LogP contribution in [0.3, 0.4) is 0 Å². The van der Waals surface area contributed by atoms with E-state index in [4.69, 9.17) is 4.52 Å². The lowest BCUT2D eigenvalue weighted by atomic mass is 10.1. The molecule has 5 heteroatoms. The minimum absolute atomic E-state index is 0.745. The molecular formula is C15H9N3OS. The van der Waals surface area contributed by atoms with Gasteiger partial charge in [0.15, 0.2) is 0 Å². The fourth-order valence-corrected chi connectivity index (χ4v) is 2.89. The Morgan fingerprint density at radius 3 is 2.55 bits per heavy atom. The van der Waals surface area contributed by atoms with Crippen molar-refractivity contribution in [1.29, 1.82) is 0 Å². The van der Waals surface area contributed by atoms with E-state index < -0.39 is 0 Å². The highest BCUT2D eigenvalue weighted by Crippen LogP contribution is 2.33. The van der Waals surface area contributed by atoms with E-state index in [1.807, 2.05) is 47.8 Å². The van der Waals surface area contributed by atoms with Crippen molar-refractivity contribution in [3.63, 3.8) is 0 Å². The molecule has 4 rings (SSSR count). The molecule has 0 aliphatic carbocycles. The van der Waals surface area contributed by atoms with E-state index >= 15 is 0 Å². The summed E-state index contributed by atoms with van der Waals surface area (Å²) in [6.45, 7) is 0. The van der Waals surface area contributed by atoms with Crippen LogP contribution in [0, 0.1) is 0 Å². The molecule has 0 atom stereocenters. The fourth-order valence-electron chi connectivity index (χ4n) is 2.16. The van der Waals surface area contributed by atoms with Crippen LogP contribution >= 0.6 is 11.3 Å². The van der Waals surface area contributed by atoms with Gasteiger partial charge in [-0.15, -0.1) is 21.5 Å². The van der Waals surface area contributed by atoms with E-state index in [-0.39, 0.29) is 0 Å². The number of rotatable bonds is 2. The molecule has 1 aromatic carbocycles. The van der Waals surface area contributed by atoms with Crippen LogP contribution in [0.2, 0.25) is 0 Å². The molecule has 4 nitrogen and oxygen atoms in total. The van der Waals surface area contributed by atoms with E-state index in [1.54, 1.807) is 17.6 Å². The second kappa shape index (κ2) is 4.54. The predicted octanol–water partition coefficient (Wildman–Crippen LogP) is 4.01. The van der Waals surface area contributed by atoms with Crippen LogP contribution in [0.1, 0.15) is 0 Å². The van der Waals surface area contributed by atoms with Crippen molar-refractivity contribution in [3.05, 3.63) is 54.1 Å². The molecule has 0 unspecified atom stereocenters. The lowest BCUT2D eigenvalue weighted by molar-refractivity contribution is 0.428. The molecule has 0 radical (unpaired) electrons. The Balaban J connectivity index is 1.99. The lowest BCUT2D eigenvalue weighted by Gasteiger charge is -2.02. The van der Waals surface area contributed by atoms with E-state index in [9.17, 15) is 0 Å². The van der Waals surface area contributed by atoms with Gasteiger partial charge < -0.3 is 4.52 Å². The molecule has 0 N–H and O–H groups in total. The van der Waals surface area contributed by atoms with Gasteiger partial charge in [0, 0.05) is 5.56 Å². The Kier molecular flexibility index (Phi) is 2.57. The van der Waals surface area contributed by atoms with Gasteiger partial charge in [0.05, 0.1) is 10.3 Å². The van der Waals surface area contributed by atoms with Crippen LogP contribution in [-0.4, -0.2) is 15.4 Å². The minimum atomic E-state index is 0.745. The number of aromatic nitrogens is 3. The summed E-state index contributed by atoms with van der Waals surface area (Å²) < 4.78 is 5.14. The zero-order valence-electron chi connectivity index (χ0n) is 10.4. The van der Waals surface area contributed by atoms with Crippen LogP contribution in [0.25, 0.3) is 32.7 Å². The van der Waals surface area contributed by atoms with Crippen molar-refractivity contribution in [2.45, 2.75) is 0 Å². The van der Waals surface area contributed by atoms with Crippen LogP contribution in [0.5, 0.6) is 0 Å². The molecule has 3 heterocycles. The summed E-state index contributed by atoms with van der Waals surface area (Å²) in [6, 6.07) is 13.9. The minimum Gasteiger partial charge on any atom is -0.363 e. The molecule has 0 aliphatic heterocycles. The number of fused-ring (bicyclic) bond motifs is 1. The molecule has 0 saturated carbocycles. The van der Waals surface area contributed by atoms with Crippen molar-refractivity contribution in [2.24, 2.45) is 0 Å². The van der Waals surface area contributed by atoms with Gasteiger partial charge in [-0.3, -0.25) is 0 Å². The standard InChI is InChI=1S/C15H9N3OS/c1-2-5-10(6-3-1)13-15-11(9-19-18-15)14(17-16-13)12-7-4-8-20-12/h1-9H. The monoisotopic (exact) mass is 279 g/mol. The summed E-state index contributed by atoms with van der Waals surface area (Å²) in [7, 11) is 0. The van der Waals surface area contributed by atoms with Crippen molar-refractivity contribution < 1.29 is 4.52 Å². The van der Waals surface area contributed by atoms with E-state index in [2.05, 4.69) is 15.4 Å². The predicted molar refractivity (Wildman–Crippen MR) is 78.3 cm³/mol. The Hall–Kier alpha value is -2.53. The van der Waals surface area contributed by atoms with Crippen LogP contribution in [0.15, 0.2) is 58.6 Å². The number of thiophene rings is 1. The molecule has 4 aromatic rings. The Labute approximate surface area is 118 Å². The highest BCUT2D eigenvalue weighted by Gasteiger charge is 2.16. The summed E-state index contributed by atoms with van der Waals surface area (Å²) in [4.78, 5) is 1.06. The normalized spacial score (nSPS) is 11.0. The second-order valence-electron chi connectivity index (χ2n) is 4.32. The third kappa shape index (κ3) is 1.71. The van der Waals surface area contributed by atoms with Crippen LogP contribution < -0.4 is 0 Å². The Morgan fingerprint density at radius 1 is 0.900 bits per heavy atom.